The zero-order valence-electron chi connectivity index (χ0n) is 11.2. The number of aromatic nitrogens is 4. The minimum Gasteiger partial charge on any atom is -0.467 e. The fourth-order valence-corrected chi connectivity index (χ4v) is 2.85. The van der Waals surface area contributed by atoms with E-state index in [0.29, 0.717) is 4.77 Å². The van der Waals surface area contributed by atoms with Gasteiger partial charge in [0, 0.05) is 7.05 Å². The molecule has 0 radical (unpaired) electrons. The lowest BCUT2D eigenvalue weighted by Gasteiger charge is -2.11. The van der Waals surface area contributed by atoms with Crippen molar-refractivity contribution < 1.29 is 4.42 Å². The van der Waals surface area contributed by atoms with Crippen molar-refractivity contribution in [3.8, 4) is 0 Å². The number of furan rings is 1. The molecule has 0 aliphatic carbocycles. The summed E-state index contributed by atoms with van der Waals surface area (Å²) >= 11 is 5.45. The summed E-state index contributed by atoms with van der Waals surface area (Å²) in [6.45, 7) is 4.16. The molecule has 6 heteroatoms. The summed E-state index contributed by atoms with van der Waals surface area (Å²) < 4.78 is 10.1. The van der Waals surface area contributed by atoms with Crippen LogP contribution in [0.1, 0.15) is 31.3 Å². The maximum atomic E-state index is 5.49. The second kappa shape index (κ2) is 4.38. The zero-order chi connectivity index (χ0) is 13.6. The molecule has 1 atom stereocenters. The SMILES string of the molecule is CCc1nn(C)c2c1[nH]c(=S)n2C(C)c1ccco1. The third-order valence-electron chi connectivity index (χ3n) is 3.45. The number of hydrogen-bond donors (Lipinski definition) is 1. The fraction of sp³-hybridized carbons (Fsp3) is 0.385. The number of aryl methyl sites for hydroxylation is 2. The Kier molecular flexibility index (Phi) is 2.82. The molecule has 0 aliphatic rings. The lowest BCUT2D eigenvalue weighted by Crippen LogP contribution is -2.09. The molecule has 5 nitrogen and oxygen atoms in total. The highest BCUT2D eigenvalue weighted by Gasteiger charge is 2.20. The van der Waals surface area contributed by atoms with E-state index >= 15 is 0 Å². The normalized spacial score (nSPS) is 13.2. The zero-order valence-corrected chi connectivity index (χ0v) is 12.0. The fourth-order valence-electron chi connectivity index (χ4n) is 2.50. The summed E-state index contributed by atoms with van der Waals surface area (Å²) in [5.74, 6) is 0.885. The lowest BCUT2D eigenvalue weighted by atomic mass is 10.2. The maximum Gasteiger partial charge on any atom is 0.180 e. The molecule has 0 aliphatic heterocycles. The molecule has 0 bridgehead atoms. The van der Waals surface area contributed by atoms with Crippen LogP contribution >= 0.6 is 12.2 Å². The van der Waals surface area contributed by atoms with Gasteiger partial charge in [0.15, 0.2) is 10.4 Å². The van der Waals surface area contributed by atoms with E-state index in [1.165, 1.54) is 0 Å². The van der Waals surface area contributed by atoms with Crippen molar-refractivity contribution in [3.63, 3.8) is 0 Å². The first-order chi connectivity index (χ1) is 9.13. The smallest absolute Gasteiger partial charge is 0.180 e. The van der Waals surface area contributed by atoms with Crippen molar-refractivity contribution in [1.29, 1.82) is 0 Å². The van der Waals surface area contributed by atoms with Crippen molar-refractivity contribution in [3.05, 3.63) is 34.6 Å². The van der Waals surface area contributed by atoms with Crippen LogP contribution in [0, 0.1) is 4.77 Å². The first kappa shape index (κ1) is 12.2. The topological polar surface area (TPSA) is 51.7 Å². The summed E-state index contributed by atoms with van der Waals surface area (Å²) in [5, 5.41) is 4.52. The van der Waals surface area contributed by atoms with Gasteiger partial charge in [-0.3, -0.25) is 9.25 Å². The van der Waals surface area contributed by atoms with Gasteiger partial charge in [-0.25, -0.2) is 0 Å². The maximum absolute atomic E-state index is 5.49. The number of nitrogens with zero attached hydrogens (tertiary/aromatic N) is 3. The van der Waals surface area contributed by atoms with Gasteiger partial charge in [0.25, 0.3) is 0 Å². The Balaban J connectivity index is 2.26. The minimum absolute atomic E-state index is 0.0383. The van der Waals surface area contributed by atoms with Gasteiger partial charge in [0.05, 0.1) is 18.0 Å². The first-order valence-electron chi connectivity index (χ1n) is 6.33. The van der Waals surface area contributed by atoms with Crippen molar-refractivity contribution in [1.82, 2.24) is 19.3 Å². The molecule has 0 fully saturated rings. The van der Waals surface area contributed by atoms with Crippen molar-refractivity contribution in [2.45, 2.75) is 26.3 Å². The van der Waals surface area contributed by atoms with Crippen LogP contribution in [0.25, 0.3) is 11.2 Å². The van der Waals surface area contributed by atoms with Gasteiger partial charge in [-0.15, -0.1) is 0 Å². The van der Waals surface area contributed by atoms with E-state index in [-0.39, 0.29) is 6.04 Å². The molecule has 3 aromatic heterocycles. The summed E-state index contributed by atoms with van der Waals surface area (Å²) in [4.78, 5) is 3.26. The number of aromatic amines is 1. The lowest BCUT2D eigenvalue weighted by molar-refractivity contribution is 0.445. The van der Waals surface area contributed by atoms with E-state index in [1.807, 2.05) is 23.9 Å². The van der Waals surface area contributed by atoms with Crippen LogP contribution in [-0.4, -0.2) is 19.3 Å². The van der Waals surface area contributed by atoms with Crippen LogP contribution < -0.4 is 0 Å². The highest BCUT2D eigenvalue weighted by atomic mass is 32.1. The highest BCUT2D eigenvalue weighted by Crippen LogP contribution is 2.26. The third kappa shape index (κ3) is 1.74. The van der Waals surface area contributed by atoms with Crippen molar-refractivity contribution >= 4 is 23.4 Å². The summed E-state index contributed by atoms with van der Waals surface area (Å²) in [7, 11) is 1.94. The second-order valence-electron chi connectivity index (χ2n) is 4.61. The third-order valence-corrected chi connectivity index (χ3v) is 3.74. The summed E-state index contributed by atoms with van der Waals surface area (Å²) in [6, 6.07) is 3.89. The van der Waals surface area contributed by atoms with Crippen LogP contribution in [0.5, 0.6) is 0 Å². The van der Waals surface area contributed by atoms with Crippen molar-refractivity contribution in [2.75, 3.05) is 0 Å². The quantitative estimate of drug-likeness (QED) is 0.747. The van der Waals surface area contributed by atoms with E-state index in [0.717, 1.165) is 29.0 Å². The number of imidazole rings is 1. The predicted molar refractivity (Wildman–Crippen MR) is 75.8 cm³/mol. The second-order valence-corrected chi connectivity index (χ2v) is 5.00. The van der Waals surface area contributed by atoms with Crippen LogP contribution in [0.3, 0.4) is 0 Å². The van der Waals surface area contributed by atoms with Gasteiger partial charge < -0.3 is 9.40 Å². The van der Waals surface area contributed by atoms with E-state index in [2.05, 4.69) is 28.5 Å². The largest absolute Gasteiger partial charge is 0.467 e. The Morgan fingerprint density at radius 2 is 2.32 bits per heavy atom. The number of fused-ring (bicyclic) bond motifs is 1. The van der Waals surface area contributed by atoms with Crippen LogP contribution in [-0.2, 0) is 13.5 Å². The molecule has 3 heterocycles. The van der Waals surface area contributed by atoms with E-state index < -0.39 is 0 Å². The van der Waals surface area contributed by atoms with Crippen LogP contribution in [0.2, 0.25) is 0 Å². The minimum atomic E-state index is 0.0383. The Hall–Kier alpha value is -1.82. The average Bonchev–Trinajstić information content (AvgIpc) is 3.06. The van der Waals surface area contributed by atoms with Gasteiger partial charge >= 0.3 is 0 Å². The molecule has 3 aromatic rings. The summed E-state index contributed by atoms with van der Waals surface area (Å²) in [5.41, 5.74) is 3.06. The molecule has 3 rings (SSSR count). The van der Waals surface area contributed by atoms with Crippen molar-refractivity contribution in [2.24, 2.45) is 7.05 Å². The number of H-pyrrole nitrogens is 1. The molecule has 0 spiro atoms. The van der Waals surface area contributed by atoms with Crippen LogP contribution in [0.4, 0.5) is 0 Å². The van der Waals surface area contributed by atoms with Gasteiger partial charge in [-0.05, 0) is 37.7 Å². The van der Waals surface area contributed by atoms with E-state index in [1.54, 1.807) is 6.26 Å². The monoisotopic (exact) mass is 276 g/mol. The first-order valence-corrected chi connectivity index (χ1v) is 6.73. The Morgan fingerprint density at radius 1 is 1.53 bits per heavy atom. The molecule has 1 unspecified atom stereocenters. The molecule has 0 saturated carbocycles. The number of nitrogens with one attached hydrogen (secondary N) is 1. The van der Waals surface area contributed by atoms with Crippen LogP contribution in [0.15, 0.2) is 22.8 Å². The standard InChI is InChI=1S/C13H16N4OS/c1-4-9-11-12(16(3)15-9)17(13(19)14-11)8(2)10-6-5-7-18-10/h5-8H,4H2,1-3H3,(H,14,19). The average molecular weight is 276 g/mol. The Morgan fingerprint density at radius 3 is 2.95 bits per heavy atom. The van der Waals surface area contributed by atoms with E-state index in [9.17, 15) is 0 Å². The van der Waals surface area contributed by atoms with E-state index in [4.69, 9.17) is 16.6 Å². The van der Waals surface area contributed by atoms with Gasteiger partial charge in [0.1, 0.15) is 11.3 Å². The number of hydrogen-bond acceptors (Lipinski definition) is 3. The molecule has 100 valence electrons. The molecular weight excluding hydrogens is 260 g/mol. The Bertz CT molecular complexity index is 763. The molecule has 0 amide bonds. The van der Waals surface area contributed by atoms with Gasteiger partial charge in [0.2, 0.25) is 0 Å². The van der Waals surface area contributed by atoms with Gasteiger partial charge in [-0.1, -0.05) is 6.92 Å². The predicted octanol–water partition coefficient (Wildman–Crippen LogP) is 3.20. The molecule has 0 saturated heterocycles. The van der Waals surface area contributed by atoms with Gasteiger partial charge in [-0.2, -0.15) is 5.10 Å². The molecular formula is C13H16N4OS. The summed E-state index contributed by atoms with van der Waals surface area (Å²) in [6.07, 6.45) is 2.56. The molecule has 0 aromatic carbocycles. The molecule has 19 heavy (non-hydrogen) atoms. The molecule has 1 N–H and O–H groups in total. The Labute approximate surface area is 115 Å². The highest BCUT2D eigenvalue weighted by molar-refractivity contribution is 7.71. The number of rotatable bonds is 3.